The van der Waals surface area contributed by atoms with Gasteiger partial charge in [-0.1, -0.05) is 73.1 Å². The molecule has 0 unspecified atom stereocenters. The molecule has 4 aromatic rings. The van der Waals surface area contributed by atoms with Gasteiger partial charge >= 0.3 is 6.03 Å². The monoisotopic (exact) mass is 516 g/mol. The normalized spacial score (nSPS) is 10.9. The third-order valence-electron chi connectivity index (χ3n) is 6.42. The Morgan fingerprint density at radius 2 is 1.70 bits per heavy atom. The van der Waals surface area contributed by atoms with Crippen molar-refractivity contribution in [2.24, 2.45) is 0 Å². The molecule has 0 aliphatic carbocycles. The van der Waals surface area contributed by atoms with E-state index in [-0.39, 0.29) is 18.5 Å². The molecule has 0 aliphatic heterocycles. The summed E-state index contributed by atoms with van der Waals surface area (Å²) in [6, 6.07) is 23.2. The first kappa shape index (κ1) is 26.3. The predicted molar refractivity (Wildman–Crippen MR) is 151 cm³/mol. The van der Waals surface area contributed by atoms with E-state index in [1.54, 1.807) is 11.0 Å². The number of urea groups is 1. The zero-order valence-corrected chi connectivity index (χ0v) is 22.1. The summed E-state index contributed by atoms with van der Waals surface area (Å²) >= 11 is 6.23. The molecule has 0 bridgehead atoms. The molecule has 0 radical (unpaired) electrons. The predicted octanol–water partition coefficient (Wildman–Crippen LogP) is 6.65. The first-order valence-electron chi connectivity index (χ1n) is 12.6. The fourth-order valence-corrected chi connectivity index (χ4v) is 4.53. The van der Waals surface area contributed by atoms with E-state index in [0.29, 0.717) is 36.8 Å². The van der Waals surface area contributed by atoms with Gasteiger partial charge in [0.2, 0.25) is 5.91 Å². The highest BCUT2D eigenvalue weighted by molar-refractivity contribution is 6.31. The lowest BCUT2D eigenvalue weighted by Crippen LogP contribution is -2.45. The lowest BCUT2D eigenvalue weighted by Gasteiger charge is -2.28. The molecule has 0 spiro atoms. The molecule has 2 N–H and O–H groups in total. The molecule has 6 nitrogen and oxygen atoms in total. The molecular weight excluding hydrogens is 484 g/mol. The summed E-state index contributed by atoms with van der Waals surface area (Å²) in [5.41, 5.74) is 4.85. The van der Waals surface area contributed by atoms with Gasteiger partial charge in [0.05, 0.1) is 0 Å². The molecule has 1 heterocycles. The number of benzene rings is 3. The number of halogens is 1. The fraction of sp³-hybridized carbons (Fsp3) is 0.267. The number of amides is 3. The summed E-state index contributed by atoms with van der Waals surface area (Å²) in [5.74, 6) is -0.0887. The van der Waals surface area contributed by atoms with E-state index in [2.05, 4.69) is 16.4 Å². The standard InChI is InChI=1S/C30H33ClN4O2/c1-3-16-35(30(37)33-25-14-13-22(2)27(31)18-25)21-29(36)34(20-23-9-5-4-6-10-23)17-15-24-19-32-28-12-8-7-11-26(24)28/h4-14,18-19,32H,3,15-17,20-21H2,1-2H3,(H,33,37). The lowest BCUT2D eigenvalue weighted by atomic mass is 10.1. The van der Waals surface area contributed by atoms with Crippen LogP contribution in [-0.2, 0) is 17.8 Å². The van der Waals surface area contributed by atoms with Gasteiger partial charge in [-0.3, -0.25) is 4.79 Å². The van der Waals surface area contributed by atoms with Crippen molar-refractivity contribution in [3.8, 4) is 0 Å². The average Bonchev–Trinajstić information content (AvgIpc) is 3.32. The van der Waals surface area contributed by atoms with Crippen molar-refractivity contribution in [2.45, 2.75) is 33.2 Å². The number of aromatic amines is 1. The second-order valence-electron chi connectivity index (χ2n) is 9.23. The van der Waals surface area contributed by atoms with Gasteiger partial charge in [-0.05, 0) is 54.7 Å². The molecule has 0 aliphatic rings. The highest BCUT2D eigenvalue weighted by Gasteiger charge is 2.22. The first-order valence-corrected chi connectivity index (χ1v) is 13.0. The van der Waals surface area contributed by atoms with Gasteiger partial charge in [0.25, 0.3) is 0 Å². The Kier molecular flexibility index (Phi) is 8.86. The Hall–Kier alpha value is -3.77. The molecule has 37 heavy (non-hydrogen) atoms. The maximum atomic E-state index is 13.6. The molecule has 0 atom stereocenters. The van der Waals surface area contributed by atoms with Crippen molar-refractivity contribution < 1.29 is 9.59 Å². The number of para-hydroxylation sites is 1. The van der Waals surface area contributed by atoms with Crippen LogP contribution in [0.15, 0.2) is 79.0 Å². The van der Waals surface area contributed by atoms with Crippen LogP contribution < -0.4 is 5.32 Å². The van der Waals surface area contributed by atoms with Crippen molar-refractivity contribution in [3.05, 3.63) is 101 Å². The molecule has 7 heteroatoms. The largest absolute Gasteiger partial charge is 0.361 e. The van der Waals surface area contributed by atoms with Crippen LogP contribution >= 0.6 is 11.6 Å². The van der Waals surface area contributed by atoms with E-state index in [4.69, 9.17) is 11.6 Å². The van der Waals surface area contributed by atoms with Crippen LogP contribution in [0.25, 0.3) is 10.9 Å². The fourth-order valence-electron chi connectivity index (χ4n) is 4.35. The molecule has 0 saturated heterocycles. The molecular formula is C30H33ClN4O2. The number of carbonyl (C=O) groups excluding carboxylic acids is 2. The number of fused-ring (bicyclic) bond motifs is 1. The van der Waals surface area contributed by atoms with Crippen LogP contribution in [0.4, 0.5) is 10.5 Å². The summed E-state index contributed by atoms with van der Waals surface area (Å²) in [4.78, 5) is 33.4. The van der Waals surface area contributed by atoms with Crippen LogP contribution in [-0.4, -0.2) is 46.4 Å². The number of rotatable bonds is 10. The molecule has 3 aromatic carbocycles. The van der Waals surface area contributed by atoms with E-state index in [1.807, 2.05) is 85.6 Å². The van der Waals surface area contributed by atoms with Crippen molar-refractivity contribution in [1.82, 2.24) is 14.8 Å². The van der Waals surface area contributed by atoms with Gasteiger partial charge in [-0.2, -0.15) is 0 Å². The van der Waals surface area contributed by atoms with Gasteiger partial charge in [0, 0.05) is 47.4 Å². The van der Waals surface area contributed by atoms with Crippen LogP contribution in [0.5, 0.6) is 0 Å². The second-order valence-corrected chi connectivity index (χ2v) is 9.63. The Labute approximate surface area is 223 Å². The quantitative estimate of drug-likeness (QED) is 0.248. The van der Waals surface area contributed by atoms with Crippen LogP contribution in [0.3, 0.4) is 0 Å². The summed E-state index contributed by atoms with van der Waals surface area (Å²) in [6.45, 7) is 5.40. The van der Waals surface area contributed by atoms with Crippen LogP contribution in [0.2, 0.25) is 5.02 Å². The third-order valence-corrected chi connectivity index (χ3v) is 6.83. The van der Waals surface area contributed by atoms with Crippen molar-refractivity contribution in [1.29, 1.82) is 0 Å². The summed E-state index contributed by atoms with van der Waals surface area (Å²) in [5, 5.41) is 4.64. The number of H-pyrrole nitrogens is 1. The van der Waals surface area contributed by atoms with Crippen LogP contribution in [0.1, 0.15) is 30.0 Å². The Morgan fingerprint density at radius 3 is 2.46 bits per heavy atom. The summed E-state index contributed by atoms with van der Waals surface area (Å²) < 4.78 is 0. The Morgan fingerprint density at radius 1 is 0.946 bits per heavy atom. The third kappa shape index (κ3) is 6.92. The molecule has 0 fully saturated rings. The van der Waals surface area contributed by atoms with Gasteiger partial charge < -0.3 is 20.1 Å². The molecule has 0 saturated carbocycles. The number of carbonyl (C=O) groups is 2. The van der Waals surface area contributed by atoms with Gasteiger partial charge in [-0.25, -0.2) is 4.79 Å². The smallest absolute Gasteiger partial charge is 0.322 e. The topological polar surface area (TPSA) is 68.4 Å². The summed E-state index contributed by atoms with van der Waals surface area (Å²) in [7, 11) is 0. The minimum absolute atomic E-state index is 0.0000149. The SMILES string of the molecule is CCCN(CC(=O)N(CCc1c[nH]c2ccccc12)Cc1ccccc1)C(=O)Nc1ccc(C)c(Cl)c1. The van der Waals surface area contributed by atoms with Gasteiger partial charge in [0.1, 0.15) is 6.54 Å². The zero-order valence-electron chi connectivity index (χ0n) is 21.3. The van der Waals surface area contributed by atoms with E-state index >= 15 is 0 Å². The Balaban J connectivity index is 1.48. The first-order chi connectivity index (χ1) is 17.9. The van der Waals surface area contributed by atoms with E-state index in [1.165, 1.54) is 10.9 Å². The molecule has 1 aromatic heterocycles. The number of nitrogens with zero attached hydrogens (tertiary/aromatic N) is 2. The van der Waals surface area contributed by atoms with E-state index < -0.39 is 0 Å². The maximum Gasteiger partial charge on any atom is 0.322 e. The zero-order chi connectivity index (χ0) is 26.2. The number of aryl methyl sites for hydroxylation is 1. The molecule has 4 rings (SSSR count). The second kappa shape index (κ2) is 12.5. The van der Waals surface area contributed by atoms with Crippen LogP contribution in [0, 0.1) is 6.92 Å². The Bertz CT molecular complexity index is 1350. The minimum atomic E-state index is -0.314. The number of aromatic nitrogens is 1. The van der Waals surface area contributed by atoms with Crippen molar-refractivity contribution >= 4 is 40.1 Å². The number of hydrogen-bond donors (Lipinski definition) is 2. The maximum absolute atomic E-state index is 13.6. The highest BCUT2D eigenvalue weighted by atomic mass is 35.5. The number of hydrogen-bond acceptors (Lipinski definition) is 2. The van der Waals surface area contributed by atoms with Crippen molar-refractivity contribution in [2.75, 3.05) is 25.0 Å². The summed E-state index contributed by atoms with van der Waals surface area (Å²) in [6.07, 6.45) is 3.47. The van der Waals surface area contributed by atoms with Crippen molar-refractivity contribution in [3.63, 3.8) is 0 Å². The molecule has 3 amide bonds. The van der Waals surface area contributed by atoms with Gasteiger partial charge in [0.15, 0.2) is 0 Å². The van der Waals surface area contributed by atoms with Gasteiger partial charge in [-0.15, -0.1) is 0 Å². The number of anilines is 1. The van der Waals surface area contributed by atoms with E-state index in [0.717, 1.165) is 23.1 Å². The van der Waals surface area contributed by atoms with E-state index in [9.17, 15) is 9.59 Å². The number of nitrogens with one attached hydrogen (secondary N) is 2. The minimum Gasteiger partial charge on any atom is -0.361 e. The molecule has 192 valence electrons. The average molecular weight is 517 g/mol. The highest BCUT2D eigenvalue weighted by Crippen LogP contribution is 2.21. The lowest BCUT2D eigenvalue weighted by molar-refractivity contribution is -0.132.